The molecule has 2 aliphatic rings. The van der Waals surface area contributed by atoms with Crippen LogP contribution in [0.3, 0.4) is 0 Å². The third-order valence-corrected chi connectivity index (χ3v) is 6.44. The molecule has 2 aromatic carbocycles. The molecule has 3 amide bonds. The molecule has 0 radical (unpaired) electrons. The Labute approximate surface area is 186 Å². The van der Waals surface area contributed by atoms with Gasteiger partial charge in [-0.25, -0.2) is 5.01 Å². The Morgan fingerprint density at radius 2 is 1.81 bits per heavy atom. The lowest BCUT2D eigenvalue weighted by atomic mass is 10.1. The summed E-state index contributed by atoms with van der Waals surface area (Å²) in [5.41, 5.74) is 6.56. The smallest absolute Gasteiger partial charge is 0.255 e. The number of amides is 3. The number of rotatable bonds is 5. The number of thioether (sulfide) groups is 1. The summed E-state index contributed by atoms with van der Waals surface area (Å²) in [6.45, 7) is 5.04. The number of anilines is 2. The van der Waals surface area contributed by atoms with Crippen LogP contribution in [0.4, 0.5) is 11.4 Å². The second-order valence-electron chi connectivity index (χ2n) is 7.80. The van der Waals surface area contributed by atoms with E-state index in [9.17, 15) is 14.4 Å². The van der Waals surface area contributed by atoms with E-state index in [1.54, 1.807) is 24.3 Å². The van der Waals surface area contributed by atoms with Crippen LogP contribution in [0.2, 0.25) is 0 Å². The van der Waals surface area contributed by atoms with E-state index in [1.165, 1.54) is 10.6 Å². The SMILES string of the molecule is Cc1ccc(CN2CCSCC2)cc1NC(=O)c1ccc(N2NC(=O)CCC2=O)cc1. The van der Waals surface area contributed by atoms with Gasteiger partial charge in [0.1, 0.15) is 0 Å². The normalized spacial score (nSPS) is 17.4. The Morgan fingerprint density at radius 1 is 1.06 bits per heavy atom. The van der Waals surface area contributed by atoms with Crippen molar-refractivity contribution in [2.45, 2.75) is 26.3 Å². The Bertz CT molecular complexity index is 987. The molecule has 0 aromatic heterocycles. The Hall–Kier alpha value is -2.84. The molecule has 0 aliphatic carbocycles. The third kappa shape index (κ3) is 5.26. The van der Waals surface area contributed by atoms with Crippen LogP contribution in [0.25, 0.3) is 0 Å². The molecule has 0 unspecified atom stereocenters. The van der Waals surface area contributed by atoms with Crippen molar-refractivity contribution in [2.24, 2.45) is 0 Å². The second-order valence-corrected chi connectivity index (χ2v) is 9.03. The van der Waals surface area contributed by atoms with Gasteiger partial charge < -0.3 is 5.32 Å². The number of hydrogen-bond donors (Lipinski definition) is 2. The van der Waals surface area contributed by atoms with Gasteiger partial charge in [-0.15, -0.1) is 0 Å². The van der Waals surface area contributed by atoms with Crippen LogP contribution in [0.5, 0.6) is 0 Å². The first-order valence-electron chi connectivity index (χ1n) is 10.4. The van der Waals surface area contributed by atoms with Crippen LogP contribution in [-0.2, 0) is 16.1 Å². The standard InChI is InChI=1S/C23H26N4O3S/c1-16-2-3-17(15-26-10-12-31-13-11-26)14-20(16)24-23(30)18-4-6-19(7-5-18)27-22(29)9-8-21(28)25-27/h2-7,14H,8-13,15H2,1H3,(H,24,30)(H,25,28). The van der Waals surface area contributed by atoms with E-state index < -0.39 is 0 Å². The van der Waals surface area contributed by atoms with Crippen molar-refractivity contribution in [3.05, 3.63) is 59.2 Å². The molecule has 2 heterocycles. The average molecular weight is 439 g/mol. The van der Waals surface area contributed by atoms with Gasteiger partial charge in [0.15, 0.2) is 0 Å². The van der Waals surface area contributed by atoms with E-state index in [0.717, 1.165) is 42.4 Å². The third-order valence-electron chi connectivity index (χ3n) is 5.50. The number of aryl methyl sites for hydroxylation is 1. The quantitative estimate of drug-likeness (QED) is 0.750. The number of hydrazine groups is 1. The molecule has 7 nitrogen and oxygen atoms in total. The molecule has 2 aliphatic heterocycles. The lowest BCUT2D eigenvalue weighted by molar-refractivity contribution is -0.130. The van der Waals surface area contributed by atoms with Crippen LogP contribution >= 0.6 is 11.8 Å². The number of carbonyl (C=O) groups excluding carboxylic acids is 3. The second kappa shape index (κ2) is 9.53. The highest BCUT2D eigenvalue weighted by molar-refractivity contribution is 7.99. The molecule has 2 fully saturated rings. The zero-order valence-electron chi connectivity index (χ0n) is 17.5. The summed E-state index contributed by atoms with van der Waals surface area (Å²) in [6, 6.07) is 12.8. The van der Waals surface area contributed by atoms with Crippen molar-refractivity contribution < 1.29 is 14.4 Å². The Morgan fingerprint density at radius 3 is 2.55 bits per heavy atom. The maximum atomic E-state index is 12.8. The monoisotopic (exact) mass is 438 g/mol. The topological polar surface area (TPSA) is 81.8 Å². The maximum absolute atomic E-state index is 12.8. The van der Waals surface area contributed by atoms with Crippen molar-refractivity contribution in [3.63, 3.8) is 0 Å². The minimum Gasteiger partial charge on any atom is -0.322 e. The average Bonchev–Trinajstić information content (AvgIpc) is 2.78. The molecule has 0 spiro atoms. The molecule has 0 atom stereocenters. The van der Waals surface area contributed by atoms with E-state index in [-0.39, 0.29) is 30.6 Å². The van der Waals surface area contributed by atoms with Gasteiger partial charge in [0, 0.05) is 55.2 Å². The van der Waals surface area contributed by atoms with E-state index in [1.807, 2.05) is 30.8 Å². The maximum Gasteiger partial charge on any atom is 0.255 e. The number of hydrogen-bond acceptors (Lipinski definition) is 5. The predicted molar refractivity (Wildman–Crippen MR) is 123 cm³/mol. The first-order chi connectivity index (χ1) is 15.0. The summed E-state index contributed by atoms with van der Waals surface area (Å²) < 4.78 is 0. The summed E-state index contributed by atoms with van der Waals surface area (Å²) in [5.74, 6) is 1.75. The summed E-state index contributed by atoms with van der Waals surface area (Å²) in [6.07, 6.45) is 0.380. The van der Waals surface area contributed by atoms with Crippen LogP contribution in [0.15, 0.2) is 42.5 Å². The largest absolute Gasteiger partial charge is 0.322 e. The van der Waals surface area contributed by atoms with Crippen molar-refractivity contribution in [3.8, 4) is 0 Å². The lowest BCUT2D eigenvalue weighted by Gasteiger charge is -2.27. The van der Waals surface area contributed by atoms with Crippen LogP contribution in [0.1, 0.15) is 34.3 Å². The van der Waals surface area contributed by atoms with Gasteiger partial charge in [0.2, 0.25) is 11.8 Å². The Kier molecular flexibility index (Phi) is 6.58. The van der Waals surface area contributed by atoms with Gasteiger partial charge in [0.05, 0.1) is 5.69 Å². The molecule has 0 bridgehead atoms. The Balaban J connectivity index is 1.43. The van der Waals surface area contributed by atoms with Gasteiger partial charge >= 0.3 is 0 Å². The number of nitrogens with zero attached hydrogens (tertiary/aromatic N) is 2. The molecular formula is C23H26N4O3S. The minimum atomic E-state index is -0.213. The molecule has 0 saturated carbocycles. The molecule has 8 heteroatoms. The summed E-state index contributed by atoms with van der Waals surface area (Å²) in [5, 5.41) is 4.24. The fourth-order valence-electron chi connectivity index (χ4n) is 3.66. The van der Waals surface area contributed by atoms with Gasteiger partial charge in [0.25, 0.3) is 5.91 Å². The molecule has 2 aromatic rings. The van der Waals surface area contributed by atoms with Crippen LogP contribution < -0.4 is 15.8 Å². The zero-order chi connectivity index (χ0) is 21.8. The van der Waals surface area contributed by atoms with Gasteiger partial charge in [-0.3, -0.25) is 24.7 Å². The molecule has 4 rings (SSSR count). The fraction of sp³-hybridized carbons (Fsp3) is 0.348. The minimum absolute atomic E-state index is 0.170. The fourth-order valence-corrected chi connectivity index (χ4v) is 4.64. The highest BCUT2D eigenvalue weighted by Crippen LogP contribution is 2.22. The molecule has 2 saturated heterocycles. The molecule has 162 valence electrons. The summed E-state index contributed by atoms with van der Waals surface area (Å²) in [4.78, 5) is 38.9. The predicted octanol–water partition coefficient (Wildman–Crippen LogP) is 2.95. The van der Waals surface area contributed by atoms with Crippen molar-refractivity contribution >= 4 is 40.9 Å². The number of benzene rings is 2. The summed E-state index contributed by atoms with van der Waals surface area (Å²) in [7, 11) is 0. The van der Waals surface area contributed by atoms with Gasteiger partial charge in [-0.1, -0.05) is 12.1 Å². The zero-order valence-corrected chi connectivity index (χ0v) is 18.3. The molecule has 31 heavy (non-hydrogen) atoms. The first kappa shape index (κ1) is 21.4. The van der Waals surface area contributed by atoms with Crippen molar-refractivity contribution in [1.82, 2.24) is 10.3 Å². The van der Waals surface area contributed by atoms with Crippen LogP contribution in [-0.4, -0.2) is 47.2 Å². The highest BCUT2D eigenvalue weighted by Gasteiger charge is 2.24. The van der Waals surface area contributed by atoms with Gasteiger partial charge in [-0.05, 0) is 48.4 Å². The van der Waals surface area contributed by atoms with Gasteiger partial charge in [-0.2, -0.15) is 11.8 Å². The lowest BCUT2D eigenvalue weighted by Crippen LogP contribution is -2.50. The van der Waals surface area contributed by atoms with E-state index >= 15 is 0 Å². The highest BCUT2D eigenvalue weighted by atomic mass is 32.2. The molecule has 2 N–H and O–H groups in total. The summed E-state index contributed by atoms with van der Waals surface area (Å²) >= 11 is 1.99. The first-order valence-corrected chi connectivity index (χ1v) is 11.6. The molecular weight excluding hydrogens is 412 g/mol. The van der Waals surface area contributed by atoms with E-state index in [4.69, 9.17) is 0 Å². The van der Waals surface area contributed by atoms with E-state index in [2.05, 4.69) is 21.7 Å². The van der Waals surface area contributed by atoms with E-state index in [0.29, 0.717) is 11.3 Å². The van der Waals surface area contributed by atoms with Crippen molar-refractivity contribution in [1.29, 1.82) is 0 Å². The van der Waals surface area contributed by atoms with Crippen LogP contribution in [0, 0.1) is 6.92 Å². The number of carbonyl (C=O) groups is 3. The number of nitrogens with one attached hydrogen (secondary N) is 2. The van der Waals surface area contributed by atoms with Crippen molar-refractivity contribution in [2.75, 3.05) is 34.9 Å².